The van der Waals surface area contributed by atoms with E-state index in [9.17, 15) is 10.1 Å². The molecule has 6 atom stereocenters. The Balaban J connectivity index is 2.03. The molecule has 0 unspecified atom stereocenters. The molecule has 20 heavy (non-hydrogen) atoms. The first kappa shape index (κ1) is 14.3. The van der Waals surface area contributed by atoms with Gasteiger partial charge in [-0.1, -0.05) is 26.6 Å². The molecule has 0 aliphatic heterocycles. The van der Waals surface area contributed by atoms with Gasteiger partial charge in [-0.2, -0.15) is 5.26 Å². The van der Waals surface area contributed by atoms with Crippen molar-refractivity contribution in [2.75, 3.05) is 0 Å². The molecule has 2 nitrogen and oxygen atoms in total. The molecule has 0 amide bonds. The van der Waals surface area contributed by atoms with Crippen LogP contribution in [0.4, 0.5) is 0 Å². The summed E-state index contributed by atoms with van der Waals surface area (Å²) in [5.74, 6) is 2.34. The highest BCUT2D eigenvalue weighted by Crippen LogP contribution is 2.69. The molecule has 3 heteroatoms. The summed E-state index contributed by atoms with van der Waals surface area (Å²) in [6, 6.07) is 2.59. The summed E-state index contributed by atoms with van der Waals surface area (Å²) >= 11 is 0. The van der Waals surface area contributed by atoms with Crippen molar-refractivity contribution in [2.24, 2.45) is 29.1 Å². The Hall–Kier alpha value is -0.623. The second kappa shape index (κ2) is 4.43. The first-order valence-electron chi connectivity index (χ1n) is 8.23. The third-order valence-electron chi connectivity index (χ3n) is 6.55. The van der Waals surface area contributed by atoms with Gasteiger partial charge in [0.2, 0.25) is 0 Å². The second-order valence-electron chi connectivity index (χ2n) is 8.72. The van der Waals surface area contributed by atoms with Crippen LogP contribution >= 0.6 is 0 Å². The maximum Gasteiger partial charge on any atom is 0.139 e. The summed E-state index contributed by atoms with van der Waals surface area (Å²) in [5, 5.41) is 9.64. The molecule has 0 aromatic carbocycles. The van der Waals surface area contributed by atoms with Gasteiger partial charge in [-0.3, -0.25) is 4.79 Å². The lowest BCUT2D eigenvalue weighted by Crippen LogP contribution is -2.44. The molecule has 3 aliphatic carbocycles. The number of nitrogens with zero attached hydrogens (tertiary/aromatic N) is 1. The number of Topliss-reactive ketones (excluding diaryl/α,β-unsaturated/α-hetero) is 1. The summed E-state index contributed by atoms with van der Waals surface area (Å²) in [5.41, 5.74) is 0.451. The average molecular weight is 289 g/mol. The lowest BCUT2D eigenvalue weighted by Gasteiger charge is -2.42. The zero-order chi connectivity index (χ0) is 14.7. The van der Waals surface area contributed by atoms with Crippen LogP contribution in [-0.2, 0) is 4.79 Å². The van der Waals surface area contributed by atoms with Crippen LogP contribution in [0, 0.1) is 40.4 Å². The Morgan fingerprint density at radius 2 is 2.00 bits per heavy atom. The van der Waals surface area contributed by atoms with Gasteiger partial charge < -0.3 is 0 Å². The van der Waals surface area contributed by atoms with Gasteiger partial charge >= 0.3 is 0 Å². The lowest BCUT2D eigenvalue weighted by atomic mass is 9.62. The quantitative estimate of drug-likeness (QED) is 0.677. The molecule has 0 heterocycles. The van der Waals surface area contributed by atoms with Crippen molar-refractivity contribution in [3.8, 4) is 6.07 Å². The molecule has 1 spiro atoms. The van der Waals surface area contributed by atoms with Gasteiger partial charge in [-0.25, -0.2) is 0 Å². The summed E-state index contributed by atoms with van der Waals surface area (Å²) in [6.45, 7) is 9.41. The summed E-state index contributed by atoms with van der Waals surface area (Å²) < 4.78 is 0. The smallest absolute Gasteiger partial charge is 0.139 e. The summed E-state index contributed by atoms with van der Waals surface area (Å²) in [4.78, 5) is 12.9. The highest BCUT2D eigenvalue weighted by Gasteiger charge is 2.66. The molecule has 0 N–H and O–H groups in total. The van der Waals surface area contributed by atoms with E-state index in [-0.39, 0.29) is 11.3 Å². The number of carbonyl (C=O) groups is 1. The predicted octanol–water partition coefficient (Wildman–Crippen LogP) is 4.25. The molecular weight excluding hydrogens is 262 g/mol. The Morgan fingerprint density at radius 1 is 1.30 bits per heavy atom. The monoisotopic (exact) mass is 289 g/mol. The van der Waals surface area contributed by atoms with Crippen LogP contribution in [0.2, 0.25) is 25.2 Å². The van der Waals surface area contributed by atoms with Crippen molar-refractivity contribution in [1.82, 2.24) is 0 Å². The van der Waals surface area contributed by atoms with Crippen molar-refractivity contribution >= 4 is 13.9 Å². The molecule has 110 valence electrons. The molecule has 3 aliphatic rings. The zero-order valence-corrected chi connectivity index (χ0v) is 14.3. The molecule has 0 radical (unpaired) electrons. The van der Waals surface area contributed by atoms with Crippen LogP contribution in [0.3, 0.4) is 0 Å². The Labute approximate surface area is 123 Å². The largest absolute Gasteiger partial charge is 0.299 e. The fourth-order valence-corrected chi connectivity index (χ4v) is 9.14. The minimum Gasteiger partial charge on any atom is -0.299 e. The van der Waals surface area contributed by atoms with Crippen LogP contribution in [-0.4, -0.2) is 13.9 Å². The van der Waals surface area contributed by atoms with E-state index in [0.717, 1.165) is 12.8 Å². The van der Waals surface area contributed by atoms with E-state index in [0.29, 0.717) is 29.1 Å². The van der Waals surface area contributed by atoms with Crippen molar-refractivity contribution in [3.63, 3.8) is 0 Å². The van der Waals surface area contributed by atoms with Gasteiger partial charge in [0.1, 0.15) is 5.78 Å². The van der Waals surface area contributed by atoms with Gasteiger partial charge in [-0.15, -0.1) is 0 Å². The first-order valence-corrected chi connectivity index (χ1v) is 11.8. The number of rotatable bonds is 1. The highest BCUT2D eigenvalue weighted by atomic mass is 28.3. The van der Waals surface area contributed by atoms with E-state index in [1.54, 1.807) is 0 Å². The van der Waals surface area contributed by atoms with Crippen LogP contribution in [0.25, 0.3) is 0 Å². The van der Waals surface area contributed by atoms with E-state index in [1.165, 1.54) is 19.3 Å². The summed E-state index contributed by atoms with van der Waals surface area (Å²) in [6.07, 6.45) is 5.32. The third-order valence-corrected chi connectivity index (χ3v) is 9.35. The molecule has 0 bridgehead atoms. The van der Waals surface area contributed by atoms with E-state index in [2.05, 4.69) is 32.6 Å². The molecule has 3 saturated carbocycles. The summed E-state index contributed by atoms with van der Waals surface area (Å²) in [7, 11) is -1.40. The molecule has 0 aromatic heterocycles. The zero-order valence-electron chi connectivity index (χ0n) is 13.3. The first-order chi connectivity index (χ1) is 9.30. The van der Waals surface area contributed by atoms with Gasteiger partial charge in [0, 0.05) is 25.8 Å². The van der Waals surface area contributed by atoms with Crippen molar-refractivity contribution in [3.05, 3.63) is 0 Å². The predicted molar refractivity (Wildman–Crippen MR) is 82.9 cm³/mol. The van der Waals surface area contributed by atoms with Crippen LogP contribution in [0.15, 0.2) is 0 Å². The Kier molecular flexibility index (Phi) is 3.17. The second-order valence-corrected chi connectivity index (χ2v) is 14.1. The van der Waals surface area contributed by atoms with E-state index in [4.69, 9.17) is 0 Å². The normalized spacial score (nSPS) is 47.8. The van der Waals surface area contributed by atoms with Gasteiger partial charge in [0.25, 0.3) is 0 Å². The van der Waals surface area contributed by atoms with Crippen LogP contribution in [0.1, 0.15) is 39.0 Å². The topological polar surface area (TPSA) is 40.9 Å². The Morgan fingerprint density at radius 3 is 2.60 bits per heavy atom. The van der Waals surface area contributed by atoms with Gasteiger partial charge in [0.05, 0.1) is 6.07 Å². The highest BCUT2D eigenvalue weighted by molar-refractivity contribution is 6.77. The minimum absolute atomic E-state index is 0.0855. The maximum atomic E-state index is 12.9. The van der Waals surface area contributed by atoms with E-state index < -0.39 is 8.07 Å². The van der Waals surface area contributed by atoms with E-state index >= 15 is 0 Å². The van der Waals surface area contributed by atoms with Crippen LogP contribution in [0.5, 0.6) is 0 Å². The molecular formula is C17H27NOSi. The average Bonchev–Trinajstić information content (AvgIpc) is 2.83. The standard InChI is InChI=1S/C17H27NOSi/c1-11-7-13-5-6-14-16(20(2,3)4)12(10-18)9-17(13,14)15(19)8-11/h11-14,16H,5-9H2,1-4H3/t11-,12+,13-,14-,16-,17+/m1/s1. The lowest BCUT2D eigenvalue weighted by molar-refractivity contribution is -0.137. The van der Waals surface area contributed by atoms with Crippen molar-refractivity contribution in [1.29, 1.82) is 5.26 Å². The minimum atomic E-state index is -1.40. The number of hydrogen-bond acceptors (Lipinski definition) is 2. The SMILES string of the molecule is C[C@H]1CC(=O)[C@]23C[C@@H](C#N)[C@@H]([Si](C)(C)C)[C@H]2CC[C@@H]3C1. The van der Waals surface area contributed by atoms with Gasteiger partial charge in [-0.05, 0) is 49.0 Å². The van der Waals surface area contributed by atoms with E-state index in [1.807, 2.05) is 0 Å². The number of hydrogen-bond donors (Lipinski definition) is 0. The van der Waals surface area contributed by atoms with Crippen molar-refractivity contribution < 1.29 is 4.79 Å². The fourth-order valence-electron chi connectivity index (χ4n) is 6.07. The number of carbonyl (C=O) groups excluding carboxylic acids is 1. The molecule has 0 saturated heterocycles. The van der Waals surface area contributed by atoms with Crippen molar-refractivity contribution in [2.45, 2.75) is 64.2 Å². The third kappa shape index (κ3) is 1.77. The molecule has 3 rings (SSSR count). The molecule has 0 aromatic rings. The van der Waals surface area contributed by atoms with Crippen LogP contribution < -0.4 is 0 Å². The van der Waals surface area contributed by atoms with Gasteiger partial charge in [0.15, 0.2) is 0 Å². The fraction of sp³-hybridized carbons (Fsp3) is 0.882. The molecule has 3 fully saturated rings. The maximum absolute atomic E-state index is 12.9. The number of ketones is 1. The Bertz CT molecular complexity index is 474. The number of nitriles is 1.